The third-order valence-corrected chi connectivity index (χ3v) is 6.63. The van der Waals surface area contributed by atoms with Crippen LogP contribution in [0.4, 0.5) is 0 Å². The van der Waals surface area contributed by atoms with E-state index in [9.17, 15) is 0 Å². The molecule has 0 saturated heterocycles. The Kier molecular flexibility index (Phi) is 13.8. The fourth-order valence-electron chi connectivity index (χ4n) is 4.04. The van der Waals surface area contributed by atoms with Crippen molar-refractivity contribution < 1.29 is 0 Å². The molecule has 182 valence electrons. The largest absolute Gasteiger partial charge is 0.348 e. The van der Waals surface area contributed by atoms with E-state index >= 15 is 0 Å². The van der Waals surface area contributed by atoms with Crippen molar-refractivity contribution in [2.75, 3.05) is 0 Å². The lowest BCUT2D eigenvalue weighted by Crippen LogP contribution is -1.94. The van der Waals surface area contributed by atoms with Gasteiger partial charge in [0.1, 0.15) is 7.85 Å². The van der Waals surface area contributed by atoms with E-state index in [0.717, 1.165) is 33.2 Å². The predicted molar refractivity (Wildman–Crippen MR) is 153 cm³/mol. The van der Waals surface area contributed by atoms with Gasteiger partial charge in [0.25, 0.3) is 0 Å². The third-order valence-electron chi connectivity index (χ3n) is 5.97. The van der Waals surface area contributed by atoms with Gasteiger partial charge in [-0.1, -0.05) is 112 Å². The monoisotopic (exact) mass is 496 g/mol. The molecule has 1 N–H and O–H groups in total. The molecule has 3 rings (SSSR count). The van der Waals surface area contributed by atoms with E-state index in [1.165, 1.54) is 69.2 Å². The highest BCUT2D eigenvalue weighted by molar-refractivity contribution is 6.35. The van der Waals surface area contributed by atoms with E-state index in [1.807, 2.05) is 68.7 Å². The summed E-state index contributed by atoms with van der Waals surface area (Å²) in [6.45, 7) is 4.52. The molecule has 1 heterocycles. The first-order chi connectivity index (χ1) is 16.6. The molecule has 0 spiro atoms. The zero-order valence-corrected chi connectivity index (χ0v) is 22.6. The third kappa shape index (κ3) is 9.35. The number of aryl methyl sites for hydroxylation is 2. The van der Waals surface area contributed by atoms with Gasteiger partial charge in [-0.15, -0.1) is 5.98 Å². The average molecular weight is 497 g/mol. The number of rotatable bonds is 12. The molecule has 0 amide bonds. The van der Waals surface area contributed by atoms with Crippen molar-refractivity contribution >= 4 is 36.6 Å². The summed E-state index contributed by atoms with van der Waals surface area (Å²) >= 11 is 12.4. The lowest BCUT2D eigenvalue weighted by atomic mass is 9.92. The number of halogens is 2. The maximum Gasteiger partial charge on any atom is 0.130 e. The molecule has 0 radical (unpaired) electrons. The van der Waals surface area contributed by atoms with Crippen LogP contribution in [0.5, 0.6) is 0 Å². The number of hydrogen-bond acceptors (Lipinski definition) is 1. The van der Waals surface area contributed by atoms with Crippen molar-refractivity contribution in [3.63, 3.8) is 0 Å². The first-order valence-corrected chi connectivity index (χ1v) is 13.5. The second kappa shape index (κ2) is 16.6. The Morgan fingerprint density at radius 3 is 1.82 bits per heavy atom. The van der Waals surface area contributed by atoms with Gasteiger partial charge in [-0.2, -0.15) is 0 Å². The van der Waals surface area contributed by atoms with E-state index in [4.69, 9.17) is 23.2 Å². The quantitative estimate of drug-likeness (QED) is 0.197. The van der Waals surface area contributed by atoms with Gasteiger partial charge in [0.05, 0.1) is 12.0 Å². The maximum atomic E-state index is 6.22. The molecule has 3 aromatic rings. The predicted octanol–water partition coefficient (Wildman–Crippen LogP) is 8.67. The number of unbranched alkanes of at least 4 members (excludes halogenated alkanes) is 6. The summed E-state index contributed by atoms with van der Waals surface area (Å²) in [5, 5.41) is 1.47. The zero-order chi connectivity index (χ0) is 24.6. The van der Waals surface area contributed by atoms with Gasteiger partial charge in [0.2, 0.25) is 0 Å². The summed E-state index contributed by atoms with van der Waals surface area (Å²) in [5.41, 5.74) is 5.77. The van der Waals surface area contributed by atoms with E-state index in [0.29, 0.717) is 0 Å². The van der Waals surface area contributed by atoms with Gasteiger partial charge in [-0.25, -0.2) is 4.98 Å². The minimum atomic E-state index is 0.737. The van der Waals surface area contributed by atoms with E-state index in [-0.39, 0.29) is 0 Å². The molecular formula is C29H39BCl2N2. The Morgan fingerprint density at radius 2 is 1.32 bits per heavy atom. The highest BCUT2D eigenvalue weighted by Crippen LogP contribution is 2.32. The number of H-pyrrole nitrogens is 1. The smallest absolute Gasteiger partial charge is 0.130 e. The molecule has 0 aliphatic rings. The Morgan fingerprint density at radius 1 is 0.794 bits per heavy atom. The summed E-state index contributed by atoms with van der Waals surface area (Å²) in [4.78, 5) is 7.77. The maximum absolute atomic E-state index is 6.22. The van der Waals surface area contributed by atoms with Crippen LogP contribution in [-0.4, -0.2) is 17.8 Å². The van der Waals surface area contributed by atoms with Gasteiger partial charge in [0.15, 0.2) is 0 Å². The molecule has 0 bridgehead atoms. The summed E-state index contributed by atoms with van der Waals surface area (Å²) in [7, 11) is 1.99. The first-order valence-electron chi connectivity index (χ1n) is 12.8. The molecule has 34 heavy (non-hydrogen) atoms. The molecule has 0 saturated carbocycles. The first kappa shape index (κ1) is 28.3. The van der Waals surface area contributed by atoms with Crippen molar-refractivity contribution in [1.82, 2.24) is 9.97 Å². The fraction of sp³-hybridized carbons (Fsp3) is 0.414. The highest BCUT2D eigenvalue weighted by Gasteiger charge is 2.10. The van der Waals surface area contributed by atoms with Gasteiger partial charge in [-0.3, -0.25) is 0 Å². The van der Waals surface area contributed by atoms with E-state index in [1.54, 1.807) is 0 Å². The zero-order valence-electron chi connectivity index (χ0n) is 21.0. The summed E-state index contributed by atoms with van der Waals surface area (Å²) in [5.74, 6) is 2.03. The van der Waals surface area contributed by atoms with Crippen molar-refractivity contribution in [3.8, 4) is 0 Å². The molecule has 0 aliphatic heterocycles. The SMILES string of the molecule is BC=C(c1ccccc1Cl)c1ccccc1Cl.CCCCCCc1nc[nH]c1CCCCCC. The molecule has 0 aliphatic carbocycles. The number of aromatic amines is 1. The molecule has 1 aromatic heterocycles. The fourth-order valence-corrected chi connectivity index (χ4v) is 4.52. The lowest BCUT2D eigenvalue weighted by molar-refractivity contribution is 0.643. The Hall–Kier alpha value is -1.97. The number of imidazole rings is 1. The van der Waals surface area contributed by atoms with Crippen LogP contribution in [0.25, 0.3) is 5.57 Å². The van der Waals surface area contributed by atoms with Gasteiger partial charge >= 0.3 is 0 Å². The topological polar surface area (TPSA) is 28.7 Å². The summed E-state index contributed by atoms with van der Waals surface area (Å²) in [6, 6.07) is 15.6. The lowest BCUT2D eigenvalue weighted by Gasteiger charge is -2.11. The molecule has 0 unspecified atom stereocenters. The van der Waals surface area contributed by atoms with Gasteiger partial charge in [-0.05, 0) is 54.5 Å². The average Bonchev–Trinajstić information content (AvgIpc) is 3.30. The molecule has 2 nitrogen and oxygen atoms in total. The van der Waals surface area contributed by atoms with Gasteiger partial charge < -0.3 is 4.98 Å². The van der Waals surface area contributed by atoms with Crippen LogP contribution in [0.2, 0.25) is 10.0 Å². The normalized spacial score (nSPS) is 10.5. The highest BCUT2D eigenvalue weighted by atomic mass is 35.5. The van der Waals surface area contributed by atoms with Crippen LogP contribution in [0, 0.1) is 0 Å². The van der Waals surface area contributed by atoms with Crippen molar-refractivity contribution in [3.05, 3.63) is 93.4 Å². The van der Waals surface area contributed by atoms with Crippen molar-refractivity contribution in [2.24, 2.45) is 0 Å². The summed E-state index contributed by atoms with van der Waals surface area (Å²) < 4.78 is 0. The second-order valence-electron chi connectivity index (χ2n) is 8.61. The van der Waals surface area contributed by atoms with E-state index in [2.05, 4.69) is 23.8 Å². The molecule has 0 atom stereocenters. The minimum Gasteiger partial charge on any atom is -0.348 e. The van der Waals surface area contributed by atoms with Crippen LogP contribution in [0.1, 0.15) is 87.7 Å². The van der Waals surface area contributed by atoms with Crippen LogP contribution < -0.4 is 0 Å². The minimum absolute atomic E-state index is 0.737. The van der Waals surface area contributed by atoms with Crippen molar-refractivity contribution in [2.45, 2.75) is 78.1 Å². The summed E-state index contributed by atoms with van der Waals surface area (Å²) in [6.07, 6.45) is 14.8. The molecule has 2 aromatic carbocycles. The van der Waals surface area contributed by atoms with Crippen LogP contribution in [-0.2, 0) is 12.8 Å². The van der Waals surface area contributed by atoms with Crippen LogP contribution in [0.15, 0.2) is 60.8 Å². The number of benzene rings is 2. The molecular weight excluding hydrogens is 458 g/mol. The van der Waals surface area contributed by atoms with Crippen LogP contribution in [0.3, 0.4) is 0 Å². The standard InChI is InChI=1S/C15H28N2.C14H11BCl2/c1-3-5-7-9-11-14-15(17-13-16-14)12-10-8-6-4-2;15-9-12(10-5-1-3-7-13(10)16)11-6-2-4-8-14(11)17/h13H,3-12H2,1-2H3,(H,16,17);1-9H,15H2. The number of nitrogens with zero attached hydrogens (tertiary/aromatic N) is 1. The molecule has 5 heteroatoms. The number of aromatic nitrogens is 2. The van der Waals surface area contributed by atoms with E-state index < -0.39 is 0 Å². The van der Waals surface area contributed by atoms with Gasteiger partial charge in [0, 0.05) is 15.7 Å². The number of nitrogens with one attached hydrogen (secondary N) is 1. The number of hydrogen-bond donors (Lipinski definition) is 1. The Balaban J connectivity index is 0.000000240. The molecule has 0 fully saturated rings. The Bertz CT molecular complexity index is 923. The second-order valence-corrected chi connectivity index (χ2v) is 9.43. The van der Waals surface area contributed by atoms with Crippen LogP contribution >= 0.6 is 23.2 Å². The van der Waals surface area contributed by atoms with Crippen molar-refractivity contribution in [1.29, 1.82) is 0 Å². The Labute approximate surface area is 217 Å².